The van der Waals surface area contributed by atoms with E-state index in [1.807, 2.05) is 18.2 Å². The molecule has 2 nitrogen and oxygen atoms in total. The van der Waals surface area contributed by atoms with Crippen molar-refractivity contribution in [3.05, 3.63) is 56.9 Å². The van der Waals surface area contributed by atoms with E-state index in [9.17, 15) is 0 Å². The molecule has 1 atom stereocenters. The van der Waals surface area contributed by atoms with Gasteiger partial charge in [-0.05, 0) is 48.9 Å². The van der Waals surface area contributed by atoms with E-state index in [4.69, 9.17) is 4.42 Å². The van der Waals surface area contributed by atoms with Gasteiger partial charge >= 0.3 is 0 Å². The number of rotatable bonds is 5. The Hall–Kier alpha value is -0.580. The molecule has 0 saturated carbocycles. The molecule has 0 amide bonds. The summed E-state index contributed by atoms with van der Waals surface area (Å²) in [6, 6.07) is 10.3. The second kappa shape index (κ2) is 6.55. The molecule has 1 heterocycles. The van der Waals surface area contributed by atoms with Crippen molar-refractivity contribution in [3.63, 3.8) is 0 Å². The number of benzene rings is 1. The molecule has 0 spiro atoms. The lowest BCUT2D eigenvalue weighted by molar-refractivity contribution is 0.446. The van der Waals surface area contributed by atoms with Crippen LogP contribution in [0.4, 0.5) is 0 Å². The Morgan fingerprint density at radius 3 is 2.50 bits per heavy atom. The lowest BCUT2D eigenvalue weighted by Gasteiger charge is -2.17. The van der Waals surface area contributed by atoms with Gasteiger partial charge in [-0.25, -0.2) is 0 Å². The van der Waals surface area contributed by atoms with Crippen molar-refractivity contribution in [2.45, 2.75) is 19.4 Å². The van der Waals surface area contributed by atoms with Gasteiger partial charge in [0.05, 0.1) is 12.3 Å². The smallest absolute Gasteiger partial charge is 0.125 e. The van der Waals surface area contributed by atoms with Crippen molar-refractivity contribution in [2.75, 3.05) is 6.54 Å². The number of furan rings is 1. The van der Waals surface area contributed by atoms with Gasteiger partial charge in [-0.1, -0.05) is 38.8 Å². The van der Waals surface area contributed by atoms with E-state index in [2.05, 4.69) is 56.2 Å². The third-order valence-corrected chi connectivity index (χ3v) is 3.56. The molecule has 0 saturated heterocycles. The van der Waals surface area contributed by atoms with Crippen LogP contribution in [0.25, 0.3) is 0 Å². The van der Waals surface area contributed by atoms with Gasteiger partial charge in [-0.15, -0.1) is 0 Å². The Bertz CT molecular complexity index is 476. The molecular formula is C14H15Br2NO. The summed E-state index contributed by atoms with van der Waals surface area (Å²) < 4.78 is 7.65. The molecule has 1 aromatic heterocycles. The molecule has 0 aliphatic heterocycles. The first-order valence-electron chi connectivity index (χ1n) is 5.93. The predicted octanol–water partition coefficient (Wildman–Crippen LogP) is 4.89. The van der Waals surface area contributed by atoms with E-state index in [0.29, 0.717) is 0 Å². The molecule has 1 unspecified atom stereocenters. The maximum absolute atomic E-state index is 5.53. The number of hydrogen-bond donors (Lipinski definition) is 1. The van der Waals surface area contributed by atoms with Crippen LogP contribution in [-0.2, 0) is 0 Å². The van der Waals surface area contributed by atoms with Crippen molar-refractivity contribution >= 4 is 31.9 Å². The number of nitrogens with one attached hydrogen (secondary N) is 1. The van der Waals surface area contributed by atoms with E-state index < -0.39 is 0 Å². The molecule has 0 aliphatic carbocycles. The molecular weight excluding hydrogens is 358 g/mol. The summed E-state index contributed by atoms with van der Waals surface area (Å²) in [5.74, 6) is 0.938. The van der Waals surface area contributed by atoms with Gasteiger partial charge in [-0.3, -0.25) is 0 Å². The molecule has 1 N–H and O–H groups in total. The average Bonchev–Trinajstić information content (AvgIpc) is 2.82. The maximum atomic E-state index is 5.53. The fourth-order valence-corrected chi connectivity index (χ4v) is 3.20. The van der Waals surface area contributed by atoms with E-state index in [1.54, 1.807) is 6.26 Å². The summed E-state index contributed by atoms with van der Waals surface area (Å²) in [5.41, 5.74) is 1.18. The van der Waals surface area contributed by atoms with E-state index >= 15 is 0 Å². The molecule has 0 fully saturated rings. The Morgan fingerprint density at radius 1 is 1.22 bits per heavy atom. The Kier molecular flexibility index (Phi) is 5.03. The van der Waals surface area contributed by atoms with Crippen LogP contribution >= 0.6 is 31.9 Å². The standard InChI is InChI=1S/C14H15Br2NO/c1-2-5-17-14(13-4-3-6-18-13)10-7-11(15)9-12(16)8-10/h3-4,6-9,14,17H,2,5H2,1H3. The van der Waals surface area contributed by atoms with Crippen LogP contribution in [-0.4, -0.2) is 6.54 Å². The summed E-state index contributed by atoms with van der Waals surface area (Å²) in [5, 5.41) is 3.51. The second-order valence-electron chi connectivity index (χ2n) is 4.11. The van der Waals surface area contributed by atoms with Gasteiger partial charge < -0.3 is 9.73 Å². The summed E-state index contributed by atoms with van der Waals surface area (Å²) in [6.45, 7) is 3.11. The first-order chi connectivity index (χ1) is 8.70. The number of hydrogen-bond acceptors (Lipinski definition) is 2. The predicted molar refractivity (Wildman–Crippen MR) is 80.7 cm³/mol. The largest absolute Gasteiger partial charge is 0.467 e. The zero-order valence-corrected chi connectivity index (χ0v) is 13.3. The monoisotopic (exact) mass is 371 g/mol. The van der Waals surface area contributed by atoms with Crippen LogP contribution in [0.1, 0.15) is 30.7 Å². The lowest BCUT2D eigenvalue weighted by Crippen LogP contribution is -2.22. The Balaban J connectivity index is 2.33. The summed E-state index contributed by atoms with van der Waals surface area (Å²) in [6.07, 6.45) is 2.80. The van der Waals surface area contributed by atoms with E-state index in [0.717, 1.165) is 27.7 Å². The fourth-order valence-electron chi connectivity index (χ4n) is 1.87. The lowest BCUT2D eigenvalue weighted by atomic mass is 10.0. The molecule has 0 radical (unpaired) electrons. The molecule has 4 heteroatoms. The Labute approximate surface area is 124 Å². The van der Waals surface area contributed by atoms with Crippen LogP contribution in [0.2, 0.25) is 0 Å². The topological polar surface area (TPSA) is 25.2 Å². The maximum Gasteiger partial charge on any atom is 0.125 e. The van der Waals surface area contributed by atoms with Crippen LogP contribution in [0.15, 0.2) is 50.0 Å². The molecule has 1 aromatic carbocycles. The summed E-state index contributed by atoms with van der Waals surface area (Å²) in [4.78, 5) is 0. The van der Waals surface area contributed by atoms with E-state index in [1.165, 1.54) is 5.56 Å². The minimum absolute atomic E-state index is 0.0914. The molecule has 0 bridgehead atoms. The highest BCUT2D eigenvalue weighted by atomic mass is 79.9. The zero-order valence-electron chi connectivity index (χ0n) is 10.1. The van der Waals surface area contributed by atoms with Crippen LogP contribution < -0.4 is 5.32 Å². The quantitative estimate of drug-likeness (QED) is 0.807. The van der Waals surface area contributed by atoms with Gasteiger partial charge in [0, 0.05) is 8.95 Å². The van der Waals surface area contributed by atoms with Crippen LogP contribution in [0.5, 0.6) is 0 Å². The van der Waals surface area contributed by atoms with Crippen LogP contribution in [0.3, 0.4) is 0 Å². The first-order valence-corrected chi connectivity index (χ1v) is 7.52. The molecule has 2 rings (SSSR count). The third-order valence-electron chi connectivity index (χ3n) is 2.64. The number of halogens is 2. The highest BCUT2D eigenvalue weighted by molar-refractivity contribution is 9.11. The van der Waals surface area contributed by atoms with Crippen LogP contribution in [0, 0.1) is 0 Å². The van der Waals surface area contributed by atoms with Crippen molar-refractivity contribution in [2.24, 2.45) is 0 Å². The SMILES string of the molecule is CCCNC(c1cc(Br)cc(Br)c1)c1ccco1. The summed E-state index contributed by atoms with van der Waals surface area (Å²) >= 11 is 7.05. The average molecular weight is 373 g/mol. The van der Waals surface area contributed by atoms with Gasteiger partial charge in [0.1, 0.15) is 5.76 Å². The Morgan fingerprint density at radius 2 is 1.94 bits per heavy atom. The van der Waals surface area contributed by atoms with Crippen molar-refractivity contribution < 1.29 is 4.42 Å². The second-order valence-corrected chi connectivity index (χ2v) is 5.94. The summed E-state index contributed by atoms with van der Waals surface area (Å²) in [7, 11) is 0. The minimum Gasteiger partial charge on any atom is -0.467 e. The molecule has 96 valence electrons. The minimum atomic E-state index is 0.0914. The third kappa shape index (κ3) is 3.46. The highest BCUT2D eigenvalue weighted by Crippen LogP contribution is 2.28. The van der Waals surface area contributed by atoms with Crippen molar-refractivity contribution in [1.29, 1.82) is 0 Å². The van der Waals surface area contributed by atoms with Crippen molar-refractivity contribution in [1.82, 2.24) is 5.32 Å². The van der Waals surface area contributed by atoms with Gasteiger partial charge in [0.25, 0.3) is 0 Å². The fraction of sp³-hybridized carbons (Fsp3) is 0.286. The highest BCUT2D eigenvalue weighted by Gasteiger charge is 2.16. The molecule has 18 heavy (non-hydrogen) atoms. The van der Waals surface area contributed by atoms with E-state index in [-0.39, 0.29) is 6.04 Å². The zero-order chi connectivity index (χ0) is 13.0. The molecule has 2 aromatic rings. The normalized spacial score (nSPS) is 12.6. The van der Waals surface area contributed by atoms with Gasteiger partial charge in [-0.2, -0.15) is 0 Å². The van der Waals surface area contributed by atoms with Gasteiger partial charge in [0.2, 0.25) is 0 Å². The van der Waals surface area contributed by atoms with Gasteiger partial charge in [0.15, 0.2) is 0 Å². The molecule has 0 aliphatic rings. The van der Waals surface area contributed by atoms with Crippen molar-refractivity contribution in [3.8, 4) is 0 Å². The first kappa shape index (κ1) is 13.8.